The molecule has 4 heteroatoms. The SMILES string of the molecule is CC(=O)N(C/C=C(\C)CCCC1OCCO1)C1=CCCCC1. The lowest BCUT2D eigenvalue weighted by molar-refractivity contribution is -0.126. The van der Waals surface area contributed by atoms with Crippen molar-refractivity contribution in [2.75, 3.05) is 19.8 Å². The van der Waals surface area contributed by atoms with Gasteiger partial charge in [-0.25, -0.2) is 0 Å². The van der Waals surface area contributed by atoms with Crippen LogP contribution in [-0.2, 0) is 14.3 Å². The Labute approximate surface area is 134 Å². The maximum Gasteiger partial charge on any atom is 0.223 e. The highest BCUT2D eigenvalue weighted by Crippen LogP contribution is 2.21. The highest BCUT2D eigenvalue weighted by atomic mass is 16.7. The predicted molar refractivity (Wildman–Crippen MR) is 87.2 cm³/mol. The molecule has 2 rings (SSSR count). The fourth-order valence-electron chi connectivity index (χ4n) is 2.99. The molecule has 1 aliphatic carbocycles. The van der Waals surface area contributed by atoms with E-state index >= 15 is 0 Å². The van der Waals surface area contributed by atoms with Gasteiger partial charge in [0.2, 0.25) is 5.91 Å². The molecule has 0 radical (unpaired) electrons. The zero-order valence-corrected chi connectivity index (χ0v) is 14.0. The molecule has 0 N–H and O–H groups in total. The molecule has 1 amide bonds. The number of carbonyl (C=O) groups excluding carboxylic acids is 1. The zero-order valence-electron chi connectivity index (χ0n) is 14.0. The molecule has 1 fully saturated rings. The van der Waals surface area contributed by atoms with Gasteiger partial charge in [-0.05, 0) is 51.9 Å². The first-order valence-electron chi connectivity index (χ1n) is 8.53. The maximum absolute atomic E-state index is 11.9. The standard InChI is InChI=1S/C18H29NO3/c1-15(7-6-10-18-21-13-14-22-18)11-12-19(16(2)20)17-8-4-3-5-9-17/h8,11,18H,3-7,9-10,12-14H2,1-2H3/b15-11+. The molecule has 0 aromatic carbocycles. The lowest BCUT2D eigenvalue weighted by atomic mass is 10.0. The quantitative estimate of drug-likeness (QED) is 0.672. The Balaban J connectivity index is 1.76. The predicted octanol–water partition coefficient (Wildman–Crippen LogP) is 3.78. The van der Waals surface area contributed by atoms with Crippen molar-refractivity contribution < 1.29 is 14.3 Å². The summed E-state index contributed by atoms with van der Waals surface area (Å²) in [4.78, 5) is 13.8. The van der Waals surface area contributed by atoms with Crippen LogP contribution in [0, 0.1) is 0 Å². The maximum atomic E-state index is 11.9. The Morgan fingerprint density at radius 1 is 1.32 bits per heavy atom. The van der Waals surface area contributed by atoms with Crippen LogP contribution in [0.5, 0.6) is 0 Å². The molecule has 0 spiro atoms. The van der Waals surface area contributed by atoms with Crippen molar-refractivity contribution >= 4 is 5.91 Å². The van der Waals surface area contributed by atoms with E-state index in [0.717, 1.165) is 45.3 Å². The van der Waals surface area contributed by atoms with Crippen LogP contribution in [-0.4, -0.2) is 36.9 Å². The molecule has 0 aromatic rings. The van der Waals surface area contributed by atoms with Gasteiger partial charge in [-0.3, -0.25) is 4.79 Å². The van der Waals surface area contributed by atoms with Crippen LogP contribution >= 0.6 is 0 Å². The summed E-state index contributed by atoms with van der Waals surface area (Å²) < 4.78 is 10.9. The topological polar surface area (TPSA) is 38.8 Å². The first kappa shape index (κ1) is 17.2. The van der Waals surface area contributed by atoms with Crippen LogP contribution in [0.25, 0.3) is 0 Å². The second kappa shape index (κ2) is 9.11. The fraction of sp³-hybridized carbons (Fsp3) is 0.722. The van der Waals surface area contributed by atoms with E-state index in [-0.39, 0.29) is 12.2 Å². The number of ether oxygens (including phenoxy) is 2. The minimum absolute atomic E-state index is 0.00564. The summed E-state index contributed by atoms with van der Waals surface area (Å²) in [5.41, 5.74) is 2.54. The minimum atomic E-state index is -0.00564. The van der Waals surface area contributed by atoms with Crippen molar-refractivity contribution in [2.45, 2.75) is 65.1 Å². The fourth-order valence-corrected chi connectivity index (χ4v) is 2.99. The molecule has 4 nitrogen and oxygen atoms in total. The second-order valence-corrected chi connectivity index (χ2v) is 6.18. The minimum Gasteiger partial charge on any atom is -0.350 e. The number of rotatable bonds is 7. The highest BCUT2D eigenvalue weighted by molar-refractivity contribution is 5.75. The molecule has 0 bridgehead atoms. The molecule has 2 aliphatic rings. The lowest BCUT2D eigenvalue weighted by Gasteiger charge is -2.25. The van der Waals surface area contributed by atoms with Crippen LogP contribution in [0.4, 0.5) is 0 Å². The third-order valence-electron chi connectivity index (χ3n) is 4.32. The molecular formula is C18H29NO3. The van der Waals surface area contributed by atoms with E-state index in [9.17, 15) is 4.79 Å². The molecule has 1 aliphatic heterocycles. The smallest absolute Gasteiger partial charge is 0.223 e. The van der Waals surface area contributed by atoms with Gasteiger partial charge >= 0.3 is 0 Å². The average Bonchev–Trinajstić information content (AvgIpc) is 3.01. The van der Waals surface area contributed by atoms with E-state index in [1.165, 1.54) is 24.1 Å². The summed E-state index contributed by atoms with van der Waals surface area (Å²) in [5, 5.41) is 0. The average molecular weight is 307 g/mol. The Bertz CT molecular complexity index is 422. The van der Waals surface area contributed by atoms with Gasteiger partial charge in [0, 0.05) is 19.2 Å². The van der Waals surface area contributed by atoms with E-state index in [1.54, 1.807) is 6.92 Å². The van der Waals surface area contributed by atoms with Gasteiger partial charge in [0.1, 0.15) is 0 Å². The summed E-state index contributed by atoms with van der Waals surface area (Å²) in [7, 11) is 0. The molecule has 124 valence electrons. The second-order valence-electron chi connectivity index (χ2n) is 6.18. The number of hydrogen-bond acceptors (Lipinski definition) is 3. The van der Waals surface area contributed by atoms with Crippen LogP contribution in [0.3, 0.4) is 0 Å². The summed E-state index contributed by atoms with van der Waals surface area (Å²) in [5.74, 6) is 0.143. The number of carbonyl (C=O) groups is 1. The summed E-state index contributed by atoms with van der Waals surface area (Å²) in [6, 6.07) is 0. The lowest BCUT2D eigenvalue weighted by Crippen LogP contribution is -2.29. The van der Waals surface area contributed by atoms with Gasteiger partial charge in [0.25, 0.3) is 0 Å². The molecule has 0 atom stereocenters. The number of nitrogens with zero attached hydrogens (tertiary/aromatic N) is 1. The van der Waals surface area contributed by atoms with Crippen molar-refractivity contribution in [3.8, 4) is 0 Å². The van der Waals surface area contributed by atoms with Crippen molar-refractivity contribution in [1.82, 2.24) is 4.90 Å². The van der Waals surface area contributed by atoms with Crippen molar-refractivity contribution in [3.63, 3.8) is 0 Å². The molecule has 22 heavy (non-hydrogen) atoms. The van der Waals surface area contributed by atoms with Gasteiger partial charge < -0.3 is 14.4 Å². The van der Waals surface area contributed by atoms with E-state index in [0.29, 0.717) is 6.54 Å². The number of amides is 1. The molecule has 1 heterocycles. The van der Waals surface area contributed by atoms with Crippen LogP contribution < -0.4 is 0 Å². The molecule has 1 saturated heterocycles. The van der Waals surface area contributed by atoms with E-state index < -0.39 is 0 Å². The molecule has 0 unspecified atom stereocenters. The molecule has 0 aromatic heterocycles. The van der Waals surface area contributed by atoms with Crippen molar-refractivity contribution in [3.05, 3.63) is 23.4 Å². The summed E-state index contributed by atoms with van der Waals surface area (Å²) >= 11 is 0. The van der Waals surface area contributed by atoms with E-state index in [2.05, 4.69) is 19.1 Å². The third kappa shape index (κ3) is 5.58. The monoisotopic (exact) mass is 307 g/mol. The normalized spacial score (nSPS) is 20.1. The van der Waals surface area contributed by atoms with Crippen molar-refractivity contribution in [2.24, 2.45) is 0 Å². The first-order valence-corrected chi connectivity index (χ1v) is 8.53. The zero-order chi connectivity index (χ0) is 15.8. The van der Waals surface area contributed by atoms with E-state index in [4.69, 9.17) is 9.47 Å². The Kier molecular flexibility index (Phi) is 7.13. The number of allylic oxidation sites excluding steroid dienone is 3. The van der Waals surface area contributed by atoms with Crippen LogP contribution in [0.2, 0.25) is 0 Å². The van der Waals surface area contributed by atoms with Gasteiger partial charge in [-0.1, -0.05) is 17.7 Å². The molecular weight excluding hydrogens is 278 g/mol. The van der Waals surface area contributed by atoms with E-state index in [1.807, 2.05) is 4.90 Å². The highest BCUT2D eigenvalue weighted by Gasteiger charge is 2.16. The van der Waals surface area contributed by atoms with Gasteiger partial charge in [0.05, 0.1) is 13.2 Å². The van der Waals surface area contributed by atoms with Gasteiger partial charge in [-0.2, -0.15) is 0 Å². The first-order chi connectivity index (χ1) is 10.7. The largest absolute Gasteiger partial charge is 0.350 e. The van der Waals surface area contributed by atoms with Crippen molar-refractivity contribution in [1.29, 1.82) is 0 Å². The summed E-state index contributed by atoms with van der Waals surface area (Å²) in [6.45, 7) is 5.95. The summed E-state index contributed by atoms with van der Waals surface area (Å²) in [6.07, 6.45) is 12.0. The third-order valence-corrected chi connectivity index (χ3v) is 4.32. The Morgan fingerprint density at radius 2 is 2.09 bits per heavy atom. The molecule has 0 saturated carbocycles. The Hall–Kier alpha value is -1.13. The van der Waals surface area contributed by atoms with Gasteiger partial charge in [0.15, 0.2) is 6.29 Å². The Morgan fingerprint density at radius 3 is 2.73 bits per heavy atom. The van der Waals surface area contributed by atoms with Gasteiger partial charge in [-0.15, -0.1) is 0 Å². The van der Waals surface area contributed by atoms with Crippen LogP contribution in [0.1, 0.15) is 58.8 Å². The van der Waals surface area contributed by atoms with Crippen LogP contribution in [0.15, 0.2) is 23.4 Å². The number of hydrogen-bond donors (Lipinski definition) is 0.